The van der Waals surface area contributed by atoms with Gasteiger partial charge < -0.3 is 10.2 Å². The lowest BCUT2D eigenvalue weighted by molar-refractivity contribution is 0.0638. The van der Waals surface area contributed by atoms with E-state index in [9.17, 15) is 13.6 Å². The number of rotatable bonds is 5. The van der Waals surface area contributed by atoms with Gasteiger partial charge in [-0.25, -0.2) is 8.78 Å². The van der Waals surface area contributed by atoms with Crippen LogP contribution in [0, 0.1) is 11.6 Å². The summed E-state index contributed by atoms with van der Waals surface area (Å²) in [5.74, 6) is -1.12. The van der Waals surface area contributed by atoms with Crippen LogP contribution in [0.4, 0.5) is 8.78 Å². The van der Waals surface area contributed by atoms with Crippen molar-refractivity contribution in [2.45, 2.75) is 32.2 Å². The van der Waals surface area contributed by atoms with Crippen molar-refractivity contribution in [1.82, 2.24) is 10.2 Å². The van der Waals surface area contributed by atoms with E-state index in [0.29, 0.717) is 17.7 Å². The maximum Gasteiger partial charge on any atom is 0.257 e. The minimum Gasteiger partial charge on any atom is -0.335 e. The summed E-state index contributed by atoms with van der Waals surface area (Å²) in [5, 5.41) is 3.29. The van der Waals surface area contributed by atoms with Crippen LogP contribution in [0.3, 0.4) is 0 Å². The highest BCUT2D eigenvalue weighted by Crippen LogP contribution is 2.24. The average molecular weight is 358 g/mol. The van der Waals surface area contributed by atoms with Gasteiger partial charge in [0.1, 0.15) is 11.6 Å². The van der Waals surface area contributed by atoms with Crippen LogP contribution in [-0.2, 0) is 0 Å². The summed E-state index contributed by atoms with van der Waals surface area (Å²) in [7, 11) is 0. The third-order valence-electron chi connectivity index (χ3n) is 4.85. The van der Waals surface area contributed by atoms with Gasteiger partial charge >= 0.3 is 0 Å². The summed E-state index contributed by atoms with van der Waals surface area (Å²) >= 11 is 0. The Morgan fingerprint density at radius 3 is 2.35 bits per heavy atom. The Morgan fingerprint density at radius 2 is 1.73 bits per heavy atom. The molecule has 0 saturated carbocycles. The molecule has 26 heavy (non-hydrogen) atoms. The molecular weight excluding hydrogens is 334 g/mol. The predicted molar refractivity (Wildman–Crippen MR) is 99.0 cm³/mol. The lowest BCUT2D eigenvalue weighted by Crippen LogP contribution is -2.46. The zero-order chi connectivity index (χ0) is 18.5. The molecule has 1 amide bonds. The molecule has 1 fully saturated rings. The van der Waals surface area contributed by atoms with Crippen molar-refractivity contribution in [3.05, 3.63) is 59.7 Å². The first-order valence-corrected chi connectivity index (χ1v) is 9.17. The second-order valence-electron chi connectivity index (χ2n) is 6.68. The summed E-state index contributed by atoms with van der Waals surface area (Å²) in [6.07, 6.45) is 2.62. The number of hydrogen-bond donors (Lipinski definition) is 1. The maximum absolute atomic E-state index is 14.7. The highest BCUT2D eigenvalue weighted by atomic mass is 19.1. The summed E-state index contributed by atoms with van der Waals surface area (Å²) in [5.41, 5.74) is 1.44. The molecular formula is C21H24F2N2O. The molecule has 0 bridgehead atoms. The van der Waals surface area contributed by atoms with Crippen molar-refractivity contribution in [2.75, 3.05) is 19.6 Å². The van der Waals surface area contributed by atoms with Crippen LogP contribution in [0.25, 0.3) is 11.1 Å². The van der Waals surface area contributed by atoms with Crippen molar-refractivity contribution in [2.24, 2.45) is 0 Å². The summed E-state index contributed by atoms with van der Waals surface area (Å²) < 4.78 is 27.8. The molecule has 1 aliphatic heterocycles. The van der Waals surface area contributed by atoms with Crippen molar-refractivity contribution in [1.29, 1.82) is 0 Å². The fourth-order valence-corrected chi connectivity index (χ4v) is 3.47. The minimum atomic E-state index is -0.535. The Kier molecular flexibility index (Phi) is 5.99. The van der Waals surface area contributed by atoms with E-state index in [4.69, 9.17) is 0 Å². The largest absolute Gasteiger partial charge is 0.335 e. The van der Waals surface area contributed by atoms with E-state index >= 15 is 0 Å². The monoisotopic (exact) mass is 358 g/mol. The Hall–Kier alpha value is -2.27. The quantitative estimate of drug-likeness (QED) is 0.867. The second kappa shape index (κ2) is 8.41. The molecule has 0 aromatic heterocycles. The lowest BCUT2D eigenvalue weighted by atomic mass is 10.0. The molecule has 3 nitrogen and oxygen atoms in total. The average Bonchev–Trinajstić information content (AvgIpc) is 2.67. The number of carbonyl (C=O) groups excluding carboxylic acids is 1. The second-order valence-corrected chi connectivity index (χ2v) is 6.68. The van der Waals surface area contributed by atoms with Crippen molar-refractivity contribution >= 4 is 5.91 Å². The minimum absolute atomic E-state index is 0.0999. The third kappa shape index (κ3) is 4.10. The standard InChI is InChI=1S/C21H24F2N2O/c1-2-13-25(18-9-11-24-12-10-18)21(26)19-8-5-16(14-20(19)23)15-3-6-17(22)7-4-15/h3-8,14,18,24H,2,9-13H2,1H3. The smallest absolute Gasteiger partial charge is 0.257 e. The van der Waals surface area contributed by atoms with E-state index in [1.807, 2.05) is 11.8 Å². The number of benzene rings is 2. The van der Waals surface area contributed by atoms with Gasteiger partial charge in [0.25, 0.3) is 5.91 Å². The van der Waals surface area contributed by atoms with Gasteiger partial charge in [-0.1, -0.05) is 25.1 Å². The fraction of sp³-hybridized carbons (Fsp3) is 0.381. The van der Waals surface area contributed by atoms with Crippen LogP contribution in [0.1, 0.15) is 36.5 Å². The summed E-state index contributed by atoms with van der Waals surface area (Å²) in [6.45, 7) is 4.41. The predicted octanol–water partition coefficient (Wildman–Crippen LogP) is 4.24. The van der Waals surface area contributed by atoms with Gasteiger partial charge in [0, 0.05) is 12.6 Å². The SMILES string of the molecule is CCCN(C(=O)c1ccc(-c2ccc(F)cc2)cc1F)C1CCNCC1. The van der Waals surface area contributed by atoms with E-state index < -0.39 is 5.82 Å². The molecule has 1 heterocycles. The molecule has 1 aliphatic rings. The van der Waals surface area contributed by atoms with Gasteiger partial charge in [-0.3, -0.25) is 4.79 Å². The van der Waals surface area contributed by atoms with E-state index in [2.05, 4.69) is 5.32 Å². The first-order chi connectivity index (χ1) is 12.6. The third-order valence-corrected chi connectivity index (χ3v) is 4.85. The normalized spacial score (nSPS) is 15.0. The number of piperidine rings is 1. The van der Waals surface area contributed by atoms with Crippen molar-refractivity contribution in [3.63, 3.8) is 0 Å². The molecule has 0 unspecified atom stereocenters. The number of nitrogens with one attached hydrogen (secondary N) is 1. The van der Waals surface area contributed by atoms with E-state index in [0.717, 1.165) is 32.4 Å². The van der Waals surface area contributed by atoms with E-state index in [1.165, 1.54) is 18.2 Å². The van der Waals surface area contributed by atoms with E-state index in [-0.39, 0.29) is 23.3 Å². The number of amides is 1. The number of carbonyl (C=O) groups is 1. The first kappa shape index (κ1) is 18.5. The summed E-state index contributed by atoms with van der Waals surface area (Å²) in [4.78, 5) is 14.8. The molecule has 2 aromatic rings. The van der Waals surface area contributed by atoms with Crippen LogP contribution >= 0.6 is 0 Å². The zero-order valence-corrected chi connectivity index (χ0v) is 15.0. The molecule has 5 heteroatoms. The molecule has 1 saturated heterocycles. The molecule has 3 rings (SSSR count). The lowest BCUT2D eigenvalue weighted by Gasteiger charge is -2.34. The van der Waals surface area contributed by atoms with Gasteiger partial charge in [0.15, 0.2) is 0 Å². The van der Waals surface area contributed by atoms with Crippen LogP contribution < -0.4 is 5.32 Å². The van der Waals surface area contributed by atoms with Gasteiger partial charge in [-0.15, -0.1) is 0 Å². The molecule has 1 N–H and O–H groups in total. The number of hydrogen-bond acceptors (Lipinski definition) is 2. The molecule has 2 aromatic carbocycles. The maximum atomic E-state index is 14.7. The fourth-order valence-electron chi connectivity index (χ4n) is 3.47. The highest BCUT2D eigenvalue weighted by Gasteiger charge is 2.27. The van der Waals surface area contributed by atoms with Gasteiger partial charge in [-0.05, 0) is 67.7 Å². The Bertz CT molecular complexity index is 755. The van der Waals surface area contributed by atoms with Gasteiger partial charge in [0.2, 0.25) is 0 Å². The van der Waals surface area contributed by atoms with Crippen molar-refractivity contribution in [3.8, 4) is 11.1 Å². The molecule has 0 radical (unpaired) electrons. The van der Waals surface area contributed by atoms with Crippen LogP contribution in [0.5, 0.6) is 0 Å². The summed E-state index contributed by atoms with van der Waals surface area (Å²) in [6, 6.07) is 10.6. The van der Waals surface area contributed by atoms with Crippen LogP contribution in [-0.4, -0.2) is 36.5 Å². The number of nitrogens with zero attached hydrogens (tertiary/aromatic N) is 1. The zero-order valence-electron chi connectivity index (χ0n) is 15.0. The highest BCUT2D eigenvalue weighted by molar-refractivity contribution is 5.95. The Balaban J connectivity index is 1.84. The van der Waals surface area contributed by atoms with Gasteiger partial charge in [-0.2, -0.15) is 0 Å². The number of halogens is 2. The Labute approximate surface area is 153 Å². The molecule has 0 aliphatic carbocycles. The molecule has 138 valence electrons. The topological polar surface area (TPSA) is 32.3 Å². The Morgan fingerprint density at radius 1 is 1.08 bits per heavy atom. The van der Waals surface area contributed by atoms with E-state index in [1.54, 1.807) is 24.3 Å². The first-order valence-electron chi connectivity index (χ1n) is 9.17. The molecule has 0 atom stereocenters. The van der Waals surface area contributed by atoms with Crippen molar-refractivity contribution < 1.29 is 13.6 Å². The molecule has 0 spiro atoms. The van der Waals surface area contributed by atoms with Crippen LogP contribution in [0.15, 0.2) is 42.5 Å². The van der Waals surface area contributed by atoms with Gasteiger partial charge in [0.05, 0.1) is 5.56 Å². The van der Waals surface area contributed by atoms with Crippen LogP contribution in [0.2, 0.25) is 0 Å².